The smallest absolute Gasteiger partial charge is 0.178 e. The standard InChI is InChI=1S/C24H34Br2N2O2/c1-16-6-4-8-27(11-16)13-24(14-28-9-5-7-17(2)12-28)15-30-22-19(23(24)29)10-20(25)18(3)21(22)26/h10,16-17H,4-9,11-15H2,1-3H3/t16-,17+,24?. The Balaban J connectivity index is 1.67. The number of ether oxygens (including phenoxy) is 1. The van der Waals surface area contributed by atoms with E-state index in [1.54, 1.807) is 0 Å². The summed E-state index contributed by atoms with van der Waals surface area (Å²) < 4.78 is 8.22. The lowest BCUT2D eigenvalue weighted by atomic mass is 9.76. The summed E-state index contributed by atoms with van der Waals surface area (Å²) in [6, 6.07) is 1.98. The molecule has 30 heavy (non-hydrogen) atoms. The maximum Gasteiger partial charge on any atom is 0.178 e. The molecule has 0 bridgehead atoms. The number of hydrogen-bond donors (Lipinski definition) is 0. The molecule has 0 aliphatic carbocycles. The minimum absolute atomic E-state index is 0.251. The Morgan fingerprint density at radius 3 is 2.17 bits per heavy atom. The second kappa shape index (κ2) is 9.21. The molecule has 0 aromatic heterocycles. The highest BCUT2D eigenvalue weighted by molar-refractivity contribution is 9.11. The summed E-state index contributed by atoms with van der Waals surface area (Å²) in [7, 11) is 0. The lowest BCUT2D eigenvalue weighted by Crippen LogP contribution is -2.57. The number of piperidine rings is 2. The molecule has 4 nitrogen and oxygen atoms in total. The van der Waals surface area contributed by atoms with E-state index in [0.717, 1.165) is 65.1 Å². The fourth-order valence-electron chi connectivity index (χ4n) is 5.57. The second-order valence-electron chi connectivity index (χ2n) is 10.0. The Labute approximate surface area is 198 Å². The predicted octanol–water partition coefficient (Wildman–Crippen LogP) is 5.55. The summed E-state index contributed by atoms with van der Waals surface area (Å²) in [4.78, 5) is 19.1. The number of carbonyl (C=O) groups is 1. The van der Waals surface area contributed by atoms with Crippen LogP contribution in [0.25, 0.3) is 0 Å². The van der Waals surface area contributed by atoms with Crippen LogP contribution in [0.4, 0.5) is 0 Å². The first-order valence-corrected chi connectivity index (χ1v) is 13.0. The van der Waals surface area contributed by atoms with E-state index in [4.69, 9.17) is 4.74 Å². The first-order chi connectivity index (χ1) is 14.3. The molecule has 0 radical (unpaired) electrons. The van der Waals surface area contributed by atoms with Crippen molar-refractivity contribution in [1.29, 1.82) is 0 Å². The molecule has 0 amide bonds. The van der Waals surface area contributed by atoms with Gasteiger partial charge < -0.3 is 14.5 Å². The number of nitrogens with zero attached hydrogens (tertiary/aromatic N) is 2. The third kappa shape index (κ3) is 4.53. The minimum Gasteiger partial charge on any atom is -0.490 e. The highest BCUT2D eigenvalue weighted by Gasteiger charge is 2.48. The van der Waals surface area contributed by atoms with Gasteiger partial charge >= 0.3 is 0 Å². The minimum atomic E-state index is -0.505. The molecule has 3 aliphatic heterocycles. The number of carbonyl (C=O) groups excluding carboxylic acids is 1. The van der Waals surface area contributed by atoms with E-state index in [1.807, 2.05) is 13.0 Å². The highest BCUT2D eigenvalue weighted by atomic mass is 79.9. The predicted molar refractivity (Wildman–Crippen MR) is 129 cm³/mol. The average molecular weight is 542 g/mol. The van der Waals surface area contributed by atoms with Gasteiger partial charge in [-0.15, -0.1) is 0 Å². The third-order valence-corrected chi connectivity index (χ3v) is 8.93. The highest BCUT2D eigenvalue weighted by Crippen LogP contribution is 2.44. The van der Waals surface area contributed by atoms with Gasteiger partial charge in [0.2, 0.25) is 0 Å². The molecule has 166 valence electrons. The van der Waals surface area contributed by atoms with Crippen molar-refractivity contribution in [3.8, 4) is 5.75 Å². The van der Waals surface area contributed by atoms with E-state index in [0.29, 0.717) is 18.4 Å². The number of hydrogen-bond acceptors (Lipinski definition) is 4. The summed E-state index contributed by atoms with van der Waals surface area (Å²) >= 11 is 7.31. The van der Waals surface area contributed by atoms with Crippen molar-refractivity contribution in [3.63, 3.8) is 0 Å². The topological polar surface area (TPSA) is 32.8 Å². The molecule has 2 saturated heterocycles. The fraction of sp³-hybridized carbons (Fsp3) is 0.708. The molecule has 1 aromatic carbocycles. The Morgan fingerprint density at radius 2 is 1.63 bits per heavy atom. The molecule has 6 heteroatoms. The quantitative estimate of drug-likeness (QED) is 0.500. The number of benzene rings is 1. The zero-order valence-electron chi connectivity index (χ0n) is 18.5. The van der Waals surface area contributed by atoms with Gasteiger partial charge in [0.1, 0.15) is 12.4 Å². The molecule has 3 atom stereocenters. The van der Waals surface area contributed by atoms with E-state index in [-0.39, 0.29) is 5.78 Å². The van der Waals surface area contributed by atoms with Crippen LogP contribution in [0.5, 0.6) is 5.75 Å². The lowest BCUT2D eigenvalue weighted by molar-refractivity contribution is 0.0162. The monoisotopic (exact) mass is 540 g/mol. The van der Waals surface area contributed by atoms with E-state index in [9.17, 15) is 4.79 Å². The maximum absolute atomic E-state index is 14.1. The van der Waals surface area contributed by atoms with Crippen LogP contribution in [0.2, 0.25) is 0 Å². The van der Waals surface area contributed by atoms with Crippen LogP contribution in [0.15, 0.2) is 15.0 Å². The van der Waals surface area contributed by atoms with Gasteiger partial charge in [0.15, 0.2) is 5.78 Å². The van der Waals surface area contributed by atoms with E-state index >= 15 is 0 Å². The van der Waals surface area contributed by atoms with Gasteiger partial charge in [0.25, 0.3) is 0 Å². The SMILES string of the molecule is Cc1c(Br)cc2c(c1Br)OCC(CN1CCC[C@@H](C)C1)(CN1CCC[C@H](C)C1)C2=O. The van der Waals surface area contributed by atoms with Crippen LogP contribution in [-0.2, 0) is 0 Å². The van der Waals surface area contributed by atoms with Crippen molar-refractivity contribution in [2.45, 2.75) is 46.5 Å². The largest absolute Gasteiger partial charge is 0.490 e. The van der Waals surface area contributed by atoms with Gasteiger partial charge in [-0.2, -0.15) is 0 Å². The molecule has 3 heterocycles. The van der Waals surface area contributed by atoms with Crippen LogP contribution in [0, 0.1) is 24.2 Å². The number of rotatable bonds is 4. The van der Waals surface area contributed by atoms with E-state index in [1.165, 1.54) is 25.7 Å². The maximum atomic E-state index is 14.1. The average Bonchev–Trinajstić information content (AvgIpc) is 2.69. The van der Waals surface area contributed by atoms with Gasteiger partial charge in [-0.1, -0.05) is 29.8 Å². The van der Waals surface area contributed by atoms with Gasteiger partial charge in [0.05, 0.1) is 15.5 Å². The molecule has 1 aromatic rings. The molecule has 0 N–H and O–H groups in total. The third-order valence-electron chi connectivity index (χ3n) is 7.16. The first kappa shape index (κ1) is 22.8. The van der Waals surface area contributed by atoms with Crippen LogP contribution in [-0.4, -0.2) is 61.5 Å². The summed E-state index contributed by atoms with van der Waals surface area (Å²) in [6.07, 6.45) is 5.03. The number of likely N-dealkylation sites (tertiary alicyclic amines) is 2. The van der Waals surface area contributed by atoms with Crippen LogP contribution in [0.3, 0.4) is 0 Å². The summed E-state index contributed by atoms with van der Waals surface area (Å²) in [5, 5.41) is 0. The number of halogens is 2. The normalized spacial score (nSPS) is 30.8. The molecule has 2 fully saturated rings. The summed E-state index contributed by atoms with van der Waals surface area (Å²) in [6.45, 7) is 13.1. The Kier molecular flexibility index (Phi) is 6.98. The summed E-state index contributed by atoms with van der Waals surface area (Å²) in [5.41, 5.74) is 1.29. The molecule has 4 rings (SSSR count). The van der Waals surface area contributed by atoms with Gasteiger partial charge in [-0.05, 0) is 85.1 Å². The molecular weight excluding hydrogens is 508 g/mol. The molecule has 3 aliphatic rings. The Hall–Kier alpha value is -0.430. The number of fused-ring (bicyclic) bond motifs is 1. The molecule has 0 saturated carbocycles. The lowest BCUT2D eigenvalue weighted by Gasteiger charge is -2.45. The van der Waals surface area contributed by atoms with Gasteiger partial charge in [0, 0.05) is 30.7 Å². The number of Topliss-reactive ketones (excluding diaryl/α,β-unsaturated/α-hetero) is 1. The Bertz CT molecular complexity index is 789. The second-order valence-corrected chi connectivity index (χ2v) is 11.7. The van der Waals surface area contributed by atoms with Crippen molar-refractivity contribution in [2.75, 3.05) is 45.9 Å². The first-order valence-electron chi connectivity index (χ1n) is 11.4. The fourth-order valence-corrected chi connectivity index (χ4v) is 6.80. The van der Waals surface area contributed by atoms with Crippen molar-refractivity contribution in [1.82, 2.24) is 9.80 Å². The van der Waals surface area contributed by atoms with Crippen LogP contribution in [0.1, 0.15) is 55.5 Å². The summed E-state index contributed by atoms with van der Waals surface area (Å²) in [5.74, 6) is 2.37. The molecule has 0 spiro atoms. The Morgan fingerprint density at radius 1 is 1.07 bits per heavy atom. The van der Waals surface area contributed by atoms with Crippen molar-refractivity contribution >= 4 is 37.6 Å². The van der Waals surface area contributed by atoms with Crippen LogP contribution < -0.4 is 4.74 Å². The molecular formula is C24H34Br2N2O2. The zero-order chi connectivity index (χ0) is 21.5. The van der Waals surface area contributed by atoms with Gasteiger partial charge in [-0.25, -0.2) is 0 Å². The van der Waals surface area contributed by atoms with Crippen molar-refractivity contribution in [3.05, 3.63) is 26.1 Å². The van der Waals surface area contributed by atoms with Gasteiger partial charge in [-0.3, -0.25) is 4.79 Å². The van der Waals surface area contributed by atoms with E-state index in [2.05, 4.69) is 55.5 Å². The number of ketones is 1. The zero-order valence-corrected chi connectivity index (χ0v) is 21.6. The van der Waals surface area contributed by atoms with Crippen LogP contribution >= 0.6 is 31.9 Å². The van der Waals surface area contributed by atoms with Crippen molar-refractivity contribution < 1.29 is 9.53 Å². The molecule has 1 unspecified atom stereocenters. The van der Waals surface area contributed by atoms with E-state index < -0.39 is 5.41 Å². The van der Waals surface area contributed by atoms with Crippen molar-refractivity contribution in [2.24, 2.45) is 17.3 Å².